The average Bonchev–Trinajstić information content (AvgIpc) is 2.15. The van der Waals surface area contributed by atoms with Gasteiger partial charge in [-0.15, -0.1) is 12.4 Å². The molecular formula is C9H15ClN2O. The Balaban J connectivity index is 0.00000144. The van der Waals surface area contributed by atoms with Gasteiger partial charge in [0.2, 0.25) is 0 Å². The molecule has 3 nitrogen and oxygen atoms in total. The summed E-state index contributed by atoms with van der Waals surface area (Å²) in [6.07, 6.45) is 0.924. The first kappa shape index (κ1) is 12.2. The third-order valence-electron chi connectivity index (χ3n) is 1.69. The van der Waals surface area contributed by atoms with Gasteiger partial charge in [0.05, 0.1) is 7.11 Å². The van der Waals surface area contributed by atoms with Gasteiger partial charge in [-0.3, -0.25) is 11.3 Å². The first-order valence-corrected chi connectivity index (χ1v) is 3.93. The Labute approximate surface area is 84.7 Å². The standard InChI is InChI=1S/C9H14N2O.ClH/c1-12-9-4-2-3-8(7-9)5-6-11-10;/h2-4,7,11H,5-6,10H2,1H3;1H. The number of rotatable bonds is 4. The molecule has 0 aliphatic heterocycles. The first-order valence-electron chi connectivity index (χ1n) is 3.93. The van der Waals surface area contributed by atoms with Gasteiger partial charge in [-0.05, 0) is 24.1 Å². The van der Waals surface area contributed by atoms with Crippen LogP contribution in [0.2, 0.25) is 0 Å². The smallest absolute Gasteiger partial charge is 0.119 e. The zero-order valence-corrected chi connectivity index (χ0v) is 8.43. The average molecular weight is 203 g/mol. The number of nitrogens with one attached hydrogen (secondary N) is 1. The van der Waals surface area contributed by atoms with Crippen LogP contribution in [0.3, 0.4) is 0 Å². The van der Waals surface area contributed by atoms with Crippen molar-refractivity contribution in [3.8, 4) is 5.75 Å². The van der Waals surface area contributed by atoms with E-state index in [0.717, 1.165) is 18.7 Å². The van der Waals surface area contributed by atoms with Crippen LogP contribution >= 0.6 is 12.4 Å². The predicted octanol–water partition coefficient (Wildman–Crippen LogP) is 1.12. The van der Waals surface area contributed by atoms with Gasteiger partial charge in [-0.1, -0.05) is 12.1 Å². The van der Waals surface area contributed by atoms with E-state index in [1.54, 1.807) is 7.11 Å². The van der Waals surface area contributed by atoms with E-state index in [4.69, 9.17) is 10.6 Å². The minimum absolute atomic E-state index is 0. The summed E-state index contributed by atoms with van der Waals surface area (Å²) in [5.41, 5.74) is 3.84. The second kappa shape index (κ2) is 6.71. The number of ether oxygens (including phenoxy) is 1. The molecule has 0 aromatic heterocycles. The maximum atomic E-state index is 5.17. The molecule has 0 aliphatic carbocycles. The van der Waals surface area contributed by atoms with E-state index >= 15 is 0 Å². The molecule has 0 spiro atoms. The maximum Gasteiger partial charge on any atom is 0.119 e. The molecule has 4 heteroatoms. The summed E-state index contributed by atoms with van der Waals surface area (Å²) in [4.78, 5) is 0. The predicted molar refractivity (Wildman–Crippen MR) is 56.1 cm³/mol. The highest BCUT2D eigenvalue weighted by Gasteiger charge is 1.93. The zero-order chi connectivity index (χ0) is 8.81. The van der Waals surface area contributed by atoms with E-state index in [1.165, 1.54) is 5.56 Å². The van der Waals surface area contributed by atoms with Crippen molar-refractivity contribution in [3.05, 3.63) is 29.8 Å². The number of hydrogen-bond acceptors (Lipinski definition) is 3. The van der Waals surface area contributed by atoms with Crippen LogP contribution in [0.4, 0.5) is 0 Å². The lowest BCUT2D eigenvalue weighted by Crippen LogP contribution is -2.24. The molecule has 0 bridgehead atoms. The number of halogens is 1. The summed E-state index contributed by atoms with van der Waals surface area (Å²) in [6.45, 7) is 0.785. The van der Waals surface area contributed by atoms with Crippen LogP contribution in [0.5, 0.6) is 5.75 Å². The maximum absolute atomic E-state index is 5.17. The van der Waals surface area contributed by atoms with E-state index in [1.807, 2.05) is 18.2 Å². The molecule has 0 heterocycles. The lowest BCUT2D eigenvalue weighted by atomic mass is 10.1. The number of benzene rings is 1. The van der Waals surface area contributed by atoms with Crippen LogP contribution < -0.4 is 16.0 Å². The van der Waals surface area contributed by atoms with Gasteiger partial charge in [0.25, 0.3) is 0 Å². The molecule has 0 saturated heterocycles. The molecule has 0 fully saturated rings. The molecule has 13 heavy (non-hydrogen) atoms. The fraction of sp³-hybridized carbons (Fsp3) is 0.333. The quantitative estimate of drug-likeness (QED) is 0.568. The topological polar surface area (TPSA) is 47.3 Å². The minimum Gasteiger partial charge on any atom is -0.497 e. The van der Waals surface area contributed by atoms with Gasteiger partial charge in [-0.25, -0.2) is 0 Å². The fourth-order valence-electron chi connectivity index (χ4n) is 1.04. The molecule has 1 aromatic rings. The van der Waals surface area contributed by atoms with Crippen molar-refractivity contribution >= 4 is 12.4 Å². The van der Waals surface area contributed by atoms with Gasteiger partial charge >= 0.3 is 0 Å². The Hall–Kier alpha value is -0.770. The first-order chi connectivity index (χ1) is 5.86. The van der Waals surface area contributed by atoms with Crippen LogP contribution in [-0.4, -0.2) is 13.7 Å². The van der Waals surface area contributed by atoms with Gasteiger partial charge in [0.15, 0.2) is 0 Å². The minimum atomic E-state index is 0. The Kier molecular flexibility index (Phi) is 6.32. The van der Waals surface area contributed by atoms with Crippen molar-refractivity contribution in [2.45, 2.75) is 6.42 Å². The highest BCUT2D eigenvalue weighted by molar-refractivity contribution is 5.85. The van der Waals surface area contributed by atoms with Crippen molar-refractivity contribution in [2.75, 3.05) is 13.7 Å². The molecule has 0 radical (unpaired) electrons. The summed E-state index contributed by atoms with van der Waals surface area (Å²) >= 11 is 0. The van der Waals surface area contributed by atoms with Gasteiger partial charge in [0.1, 0.15) is 5.75 Å². The highest BCUT2D eigenvalue weighted by Crippen LogP contribution is 2.12. The summed E-state index contributed by atoms with van der Waals surface area (Å²) in [7, 11) is 1.67. The van der Waals surface area contributed by atoms with Crippen LogP contribution in [0.1, 0.15) is 5.56 Å². The van der Waals surface area contributed by atoms with Gasteiger partial charge < -0.3 is 4.74 Å². The lowest BCUT2D eigenvalue weighted by molar-refractivity contribution is 0.414. The summed E-state index contributed by atoms with van der Waals surface area (Å²) < 4.78 is 5.08. The van der Waals surface area contributed by atoms with Crippen molar-refractivity contribution in [1.29, 1.82) is 0 Å². The second-order valence-electron chi connectivity index (χ2n) is 2.56. The van der Waals surface area contributed by atoms with E-state index < -0.39 is 0 Å². The molecule has 0 atom stereocenters. The van der Waals surface area contributed by atoms with E-state index in [0.29, 0.717) is 0 Å². The van der Waals surface area contributed by atoms with E-state index in [9.17, 15) is 0 Å². The molecule has 0 unspecified atom stereocenters. The van der Waals surface area contributed by atoms with Crippen LogP contribution in [0.25, 0.3) is 0 Å². The van der Waals surface area contributed by atoms with Crippen LogP contribution in [0, 0.1) is 0 Å². The Morgan fingerprint density at radius 2 is 2.23 bits per heavy atom. The van der Waals surface area contributed by atoms with Crippen molar-refractivity contribution in [1.82, 2.24) is 5.43 Å². The zero-order valence-electron chi connectivity index (χ0n) is 7.62. The fourth-order valence-corrected chi connectivity index (χ4v) is 1.04. The molecule has 3 N–H and O–H groups in total. The molecule has 1 aromatic carbocycles. The van der Waals surface area contributed by atoms with E-state index in [2.05, 4.69) is 11.5 Å². The molecule has 1 rings (SSSR count). The normalized spacial score (nSPS) is 9.08. The lowest BCUT2D eigenvalue weighted by Gasteiger charge is -2.03. The van der Waals surface area contributed by atoms with E-state index in [-0.39, 0.29) is 12.4 Å². The monoisotopic (exact) mass is 202 g/mol. The highest BCUT2D eigenvalue weighted by atomic mass is 35.5. The second-order valence-corrected chi connectivity index (χ2v) is 2.56. The number of hydrazine groups is 1. The van der Waals surface area contributed by atoms with Gasteiger partial charge in [0, 0.05) is 6.54 Å². The van der Waals surface area contributed by atoms with Gasteiger partial charge in [-0.2, -0.15) is 0 Å². The SMILES string of the molecule is COc1cccc(CCNN)c1.Cl. The Morgan fingerprint density at radius 3 is 2.85 bits per heavy atom. The molecular weight excluding hydrogens is 188 g/mol. The Morgan fingerprint density at radius 1 is 1.46 bits per heavy atom. The Bertz CT molecular complexity index is 243. The third-order valence-corrected chi connectivity index (χ3v) is 1.69. The number of methoxy groups -OCH3 is 1. The molecule has 0 amide bonds. The van der Waals surface area contributed by atoms with Crippen LogP contribution in [0.15, 0.2) is 24.3 Å². The summed E-state index contributed by atoms with van der Waals surface area (Å²) in [6, 6.07) is 7.97. The van der Waals surface area contributed by atoms with Crippen molar-refractivity contribution in [3.63, 3.8) is 0 Å². The molecule has 0 saturated carbocycles. The molecule has 74 valence electrons. The third kappa shape index (κ3) is 4.12. The largest absolute Gasteiger partial charge is 0.497 e. The molecule has 0 aliphatic rings. The van der Waals surface area contributed by atoms with Crippen molar-refractivity contribution in [2.24, 2.45) is 5.84 Å². The summed E-state index contributed by atoms with van der Waals surface area (Å²) in [5, 5.41) is 0. The number of hydrogen-bond donors (Lipinski definition) is 2. The summed E-state index contributed by atoms with van der Waals surface area (Å²) in [5.74, 6) is 6.06. The van der Waals surface area contributed by atoms with Crippen molar-refractivity contribution < 1.29 is 4.74 Å². The van der Waals surface area contributed by atoms with Crippen LogP contribution in [-0.2, 0) is 6.42 Å². The number of nitrogens with two attached hydrogens (primary N) is 1.